The first-order valence-electron chi connectivity index (χ1n) is 7.48. The first-order chi connectivity index (χ1) is 11.1. The highest BCUT2D eigenvalue weighted by molar-refractivity contribution is 5.62. The van der Waals surface area contributed by atoms with E-state index in [2.05, 4.69) is 27.0 Å². The molecule has 0 aliphatic heterocycles. The minimum Gasteiger partial charge on any atom is -0.355 e. The van der Waals surface area contributed by atoms with Crippen molar-refractivity contribution in [3.8, 4) is 11.3 Å². The fraction of sp³-hybridized carbons (Fsp3) is 0.158. The highest BCUT2D eigenvalue weighted by Gasteiger charge is 2.09. The molecule has 0 bridgehead atoms. The summed E-state index contributed by atoms with van der Waals surface area (Å²) < 4.78 is 13.1. The zero-order chi connectivity index (χ0) is 16.2. The highest BCUT2D eigenvalue weighted by Crippen LogP contribution is 2.22. The summed E-state index contributed by atoms with van der Waals surface area (Å²) >= 11 is 0. The summed E-state index contributed by atoms with van der Waals surface area (Å²) in [6, 6.07) is 18.5. The Morgan fingerprint density at radius 2 is 1.65 bits per heavy atom. The van der Waals surface area contributed by atoms with E-state index in [1.54, 1.807) is 12.1 Å². The Bertz CT molecular complexity index is 785. The van der Waals surface area contributed by atoms with Crippen molar-refractivity contribution in [2.24, 2.45) is 0 Å². The fourth-order valence-electron chi connectivity index (χ4n) is 2.45. The van der Waals surface area contributed by atoms with Gasteiger partial charge in [0.1, 0.15) is 17.5 Å². The van der Waals surface area contributed by atoms with Crippen molar-refractivity contribution in [3.63, 3.8) is 0 Å². The van der Waals surface area contributed by atoms with E-state index in [9.17, 15) is 4.39 Å². The van der Waals surface area contributed by atoms with Gasteiger partial charge in [-0.3, -0.25) is 0 Å². The van der Waals surface area contributed by atoms with Crippen molar-refractivity contribution >= 4 is 5.82 Å². The third-order valence-electron chi connectivity index (χ3n) is 3.62. The van der Waals surface area contributed by atoms with Crippen LogP contribution in [-0.2, 0) is 6.54 Å². The standard InChI is InChI=1S/C19H18FN3/c1-14-21-18(16-8-10-17(20)11-9-16)12-19(22-14)23(2)13-15-6-4-3-5-7-15/h3-12H,13H2,1-2H3. The predicted octanol–water partition coefficient (Wildman–Crippen LogP) is 4.23. The predicted molar refractivity (Wildman–Crippen MR) is 90.7 cm³/mol. The Labute approximate surface area is 135 Å². The molecule has 0 atom stereocenters. The maximum atomic E-state index is 13.1. The van der Waals surface area contributed by atoms with Crippen molar-refractivity contribution in [3.05, 3.63) is 77.9 Å². The van der Waals surface area contributed by atoms with E-state index in [1.807, 2.05) is 38.2 Å². The first kappa shape index (κ1) is 15.2. The number of nitrogens with zero attached hydrogens (tertiary/aromatic N) is 3. The van der Waals surface area contributed by atoms with Crippen LogP contribution in [-0.4, -0.2) is 17.0 Å². The van der Waals surface area contributed by atoms with Crippen LogP contribution in [0, 0.1) is 12.7 Å². The number of aromatic nitrogens is 2. The molecular weight excluding hydrogens is 289 g/mol. The van der Waals surface area contributed by atoms with Crippen molar-refractivity contribution in [1.82, 2.24) is 9.97 Å². The van der Waals surface area contributed by atoms with Gasteiger partial charge >= 0.3 is 0 Å². The number of hydrogen-bond donors (Lipinski definition) is 0. The maximum Gasteiger partial charge on any atom is 0.132 e. The van der Waals surface area contributed by atoms with Crippen molar-refractivity contribution in [1.29, 1.82) is 0 Å². The van der Waals surface area contributed by atoms with Crippen LogP contribution in [0.4, 0.5) is 10.2 Å². The summed E-state index contributed by atoms with van der Waals surface area (Å²) in [5.41, 5.74) is 2.90. The fourth-order valence-corrected chi connectivity index (χ4v) is 2.45. The van der Waals surface area contributed by atoms with Gasteiger partial charge in [0.25, 0.3) is 0 Å². The molecule has 0 radical (unpaired) electrons. The molecule has 0 fully saturated rings. The van der Waals surface area contributed by atoms with Gasteiger partial charge in [0.2, 0.25) is 0 Å². The van der Waals surface area contributed by atoms with Gasteiger partial charge < -0.3 is 4.90 Å². The van der Waals surface area contributed by atoms with Gasteiger partial charge in [-0.05, 0) is 36.8 Å². The van der Waals surface area contributed by atoms with Crippen molar-refractivity contribution in [2.45, 2.75) is 13.5 Å². The Morgan fingerprint density at radius 1 is 0.957 bits per heavy atom. The first-order valence-corrected chi connectivity index (χ1v) is 7.48. The molecule has 2 aromatic carbocycles. The number of rotatable bonds is 4. The van der Waals surface area contributed by atoms with Crippen molar-refractivity contribution < 1.29 is 4.39 Å². The minimum atomic E-state index is -0.249. The zero-order valence-corrected chi connectivity index (χ0v) is 13.2. The molecule has 0 aliphatic rings. The third kappa shape index (κ3) is 3.72. The van der Waals surface area contributed by atoms with E-state index < -0.39 is 0 Å². The largest absolute Gasteiger partial charge is 0.355 e. The van der Waals surface area contributed by atoms with Gasteiger partial charge in [-0.25, -0.2) is 14.4 Å². The second-order valence-corrected chi connectivity index (χ2v) is 5.51. The van der Waals surface area contributed by atoms with Crippen LogP contribution in [0.1, 0.15) is 11.4 Å². The molecule has 1 heterocycles. The van der Waals surface area contributed by atoms with E-state index in [4.69, 9.17) is 0 Å². The molecule has 4 heteroatoms. The molecule has 0 saturated heterocycles. The number of anilines is 1. The summed E-state index contributed by atoms with van der Waals surface area (Å²) in [5, 5.41) is 0. The third-order valence-corrected chi connectivity index (χ3v) is 3.62. The molecule has 0 amide bonds. The van der Waals surface area contributed by atoms with Crippen LogP contribution >= 0.6 is 0 Å². The summed E-state index contributed by atoms with van der Waals surface area (Å²) in [6.45, 7) is 2.63. The molecule has 0 unspecified atom stereocenters. The Kier molecular flexibility index (Phi) is 4.33. The maximum absolute atomic E-state index is 13.1. The molecule has 1 aromatic heterocycles. The van der Waals surface area contributed by atoms with Gasteiger partial charge in [0.15, 0.2) is 0 Å². The van der Waals surface area contributed by atoms with Gasteiger partial charge in [-0.1, -0.05) is 30.3 Å². The summed E-state index contributed by atoms with van der Waals surface area (Å²) in [4.78, 5) is 11.1. The Balaban J connectivity index is 1.89. The normalized spacial score (nSPS) is 10.6. The zero-order valence-electron chi connectivity index (χ0n) is 13.2. The van der Waals surface area contributed by atoms with Gasteiger partial charge in [0, 0.05) is 25.2 Å². The van der Waals surface area contributed by atoms with E-state index in [0.29, 0.717) is 5.82 Å². The highest BCUT2D eigenvalue weighted by atomic mass is 19.1. The second-order valence-electron chi connectivity index (χ2n) is 5.51. The number of benzene rings is 2. The molecular formula is C19H18FN3. The van der Waals surface area contributed by atoms with Gasteiger partial charge in [-0.15, -0.1) is 0 Å². The van der Waals surface area contributed by atoms with Crippen LogP contribution in [0.3, 0.4) is 0 Å². The van der Waals surface area contributed by atoms with Crippen molar-refractivity contribution in [2.75, 3.05) is 11.9 Å². The van der Waals surface area contributed by atoms with E-state index in [-0.39, 0.29) is 5.82 Å². The molecule has 0 aliphatic carbocycles. The lowest BCUT2D eigenvalue weighted by Gasteiger charge is -2.19. The quantitative estimate of drug-likeness (QED) is 0.722. The molecule has 23 heavy (non-hydrogen) atoms. The van der Waals surface area contributed by atoms with Crippen LogP contribution in [0.25, 0.3) is 11.3 Å². The lowest BCUT2D eigenvalue weighted by molar-refractivity contribution is 0.628. The van der Waals surface area contributed by atoms with Crippen LogP contribution < -0.4 is 4.90 Å². The summed E-state index contributed by atoms with van der Waals surface area (Å²) in [5.74, 6) is 1.29. The van der Waals surface area contributed by atoms with Gasteiger partial charge in [-0.2, -0.15) is 0 Å². The molecule has 0 saturated carbocycles. The average molecular weight is 307 g/mol. The Morgan fingerprint density at radius 3 is 2.35 bits per heavy atom. The monoisotopic (exact) mass is 307 g/mol. The molecule has 0 N–H and O–H groups in total. The van der Waals surface area contributed by atoms with E-state index in [1.165, 1.54) is 17.7 Å². The molecule has 3 aromatic rings. The van der Waals surface area contributed by atoms with Gasteiger partial charge in [0.05, 0.1) is 5.69 Å². The van der Waals surface area contributed by atoms with E-state index >= 15 is 0 Å². The van der Waals surface area contributed by atoms with E-state index in [0.717, 1.165) is 23.6 Å². The summed E-state index contributed by atoms with van der Waals surface area (Å²) in [6.07, 6.45) is 0. The van der Waals surface area contributed by atoms with Crippen LogP contribution in [0.5, 0.6) is 0 Å². The van der Waals surface area contributed by atoms with Crippen LogP contribution in [0.2, 0.25) is 0 Å². The number of halogens is 1. The number of hydrogen-bond acceptors (Lipinski definition) is 3. The minimum absolute atomic E-state index is 0.249. The SMILES string of the molecule is Cc1nc(-c2ccc(F)cc2)cc(N(C)Cc2ccccc2)n1. The van der Waals surface area contributed by atoms with Crippen LogP contribution in [0.15, 0.2) is 60.7 Å². The molecule has 0 spiro atoms. The molecule has 3 nitrogen and oxygen atoms in total. The average Bonchev–Trinajstić information content (AvgIpc) is 2.56. The Hall–Kier alpha value is -2.75. The lowest BCUT2D eigenvalue weighted by Crippen LogP contribution is -2.18. The molecule has 116 valence electrons. The molecule has 3 rings (SSSR count). The number of aryl methyl sites for hydroxylation is 1. The topological polar surface area (TPSA) is 29.0 Å². The summed E-state index contributed by atoms with van der Waals surface area (Å²) in [7, 11) is 2.00. The second kappa shape index (κ2) is 6.57. The smallest absolute Gasteiger partial charge is 0.132 e. The lowest BCUT2D eigenvalue weighted by atomic mass is 10.1.